The minimum Gasteiger partial charge on any atom is -0.419 e. The van der Waals surface area contributed by atoms with Gasteiger partial charge >= 0.3 is 0 Å². The number of fused-ring (bicyclic) bond motifs is 1. The summed E-state index contributed by atoms with van der Waals surface area (Å²) < 4.78 is 7.96. The topological polar surface area (TPSA) is 69.6 Å². The molecule has 0 amide bonds. The second kappa shape index (κ2) is 8.28. The van der Waals surface area contributed by atoms with Crippen LogP contribution in [0.1, 0.15) is 48.3 Å². The molecule has 1 aliphatic rings. The number of hydrogen-bond acceptors (Lipinski definition) is 8. The Labute approximate surface area is 187 Å². The van der Waals surface area contributed by atoms with Crippen LogP contribution in [-0.4, -0.2) is 25.0 Å². The molecule has 0 bridgehead atoms. The van der Waals surface area contributed by atoms with Crippen LogP contribution in [0.5, 0.6) is 0 Å². The van der Waals surface area contributed by atoms with Gasteiger partial charge in [-0.1, -0.05) is 31.2 Å². The van der Waals surface area contributed by atoms with Crippen molar-refractivity contribution in [3.63, 3.8) is 0 Å². The SMILES string of the molecule is CCC1CCc2sc(-c3nnc(SC(C)c4nnc(-c5cccs5)o4)n3C)cc2C1. The minimum absolute atomic E-state index is 0.0104. The van der Waals surface area contributed by atoms with E-state index in [4.69, 9.17) is 4.42 Å². The van der Waals surface area contributed by atoms with Gasteiger partial charge in [-0.3, -0.25) is 0 Å². The van der Waals surface area contributed by atoms with Crippen molar-refractivity contribution >= 4 is 34.4 Å². The van der Waals surface area contributed by atoms with E-state index >= 15 is 0 Å². The van der Waals surface area contributed by atoms with Crippen LogP contribution in [0.2, 0.25) is 0 Å². The molecule has 0 aliphatic heterocycles. The fraction of sp³-hybridized carbons (Fsp3) is 0.429. The van der Waals surface area contributed by atoms with Gasteiger partial charge in [0.25, 0.3) is 5.89 Å². The first kappa shape index (κ1) is 20.0. The quantitative estimate of drug-likeness (QED) is 0.330. The molecule has 4 aromatic rings. The first-order valence-corrected chi connectivity index (χ1v) is 12.7. The molecule has 1 aliphatic carbocycles. The summed E-state index contributed by atoms with van der Waals surface area (Å²) in [6.07, 6.45) is 4.96. The predicted octanol–water partition coefficient (Wildman–Crippen LogP) is 6.02. The molecule has 2 unspecified atom stereocenters. The zero-order valence-electron chi connectivity index (χ0n) is 17.2. The lowest BCUT2D eigenvalue weighted by Gasteiger charge is -2.19. The third-order valence-electron chi connectivity index (χ3n) is 5.62. The van der Waals surface area contributed by atoms with Crippen molar-refractivity contribution in [3.8, 4) is 21.5 Å². The molecule has 6 nitrogen and oxygen atoms in total. The van der Waals surface area contributed by atoms with Gasteiger partial charge in [-0.15, -0.1) is 43.1 Å². The van der Waals surface area contributed by atoms with Gasteiger partial charge in [0.05, 0.1) is 15.0 Å². The van der Waals surface area contributed by atoms with E-state index in [1.807, 2.05) is 35.9 Å². The summed E-state index contributed by atoms with van der Waals surface area (Å²) in [5.41, 5.74) is 1.51. The highest BCUT2D eigenvalue weighted by Gasteiger charge is 2.24. The maximum absolute atomic E-state index is 5.88. The Morgan fingerprint density at radius 1 is 1.27 bits per heavy atom. The summed E-state index contributed by atoms with van der Waals surface area (Å²) >= 11 is 5.06. The number of aryl methyl sites for hydroxylation is 1. The highest BCUT2D eigenvalue weighted by molar-refractivity contribution is 7.99. The molecule has 4 heterocycles. The Morgan fingerprint density at radius 2 is 2.17 bits per heavy atom. The van der Waals surface area contributed by atoms with Crippen LogP contribution < -0.4 is 0 Å². The highest BCUT2D eigenvalue weighted by atomic mass is 32.2. The van der Waals surface area contributed by atoms with Crippen LogP contribution in [-0.2, 0) is 19.9 Å². The van der Waals surface area contributed by atoms with Gasteiger partial charge in [0.2, 0.25) is 5.89 Å². The molecule has 0 radical (unpaired) electrons. The molecule has 0 saturated heterocycles. The lowest BCUT2D eigenvalue weighted by Crippen LogP contribution is -2.10. The average molecular weight is 458 g/mol. The van der Waals surface area contributed by atoms with Gasteiger partial charge in [0.1, 0.15) is 0 Å². The Bertz CT molecular complexity index is 1140. The number of rotatable bonds is 6. The second-order valence-corrected chi connectivity index (χ2v) is 11.0. The van der Waals surface area contributed by atoms with Crippen LogP contribution in [0.3, 0.4) is 0 Å². The smallest absolute Gasteiger partial charge is 0.257 e. The number of thioether (sulfide) groups is 1. The van der Waals surface area contributed by atoms with E-state index in [2.05, 4.69) is 44.9 Å². The molecule has 0 N–H and O–H groups in total. The molecule has 5 rings (SSSR count). The Balaban J connectivity index is 1.34. The monoisotopic (exact) mass is 457 g/mol. The van der Waals surface area contributed by atoms with Crippen molar-refractivity contribution in [2.45, 2.75) is 49.9 Å². The van der Waals surface area contributed by atoms with Gasteiger partial charge in [0.15, 0.2) is 11.0 Å². The molecule has 4 aromatic heterocycles. The van der Waals surface area contributed by atoms with Gasteiger partial charge in [-0.05, 0) is 55.2 Å². The molecule has 30 heavy (non-hydrogen) atoms. The summed E-state index contributed by atoms with van der Waals surface area (Å²) in [6.45, 7) is 4.35. The van der Waals surface area contributed by atoms with Crippen molar-refractivity contribution in [3.05, 3.63) is 39.9 Å². The van der Waals surface area contributed by atoms with E-state index in [1.54, 1.807) is 23.1 Å². The van der Waals surface area contributed by atoms with Crippen molar-refractivity contribution < 1.29 is 4.42 Å². The lowest BCUT2D eigenvalue weighted by molar-refractivity contribution is 0.449. The third-order valence-corrected chi connectivity index (χ3v) is 8.83. The zero-order chi connectivity index (χ0) is 20.7. The molecule has 9 heteroatoms. The van der Waals surface area contributed by atoms with Gasteiger partial charge < -0.3 is 8.98 Å². The molecule has 0 spiro atoms. The predicted molar refractivity (Wildman–Crippen MR) is 122 cm³/mol. The highest BCUT2D eigenvalue weighted by Crippen LogP contribution is 2.40. The van der Waals surface area contributed by atoms with Crippen LogP contribution in [0.25, 0.3) is 21.5 Å². The van der Waals surface area contributed by atoms with E-state index in [9.17, 15) is 0 Å². The summed E-state index contributed by atoms with van der Waals surface area (Å²) in [4.78, 5) is 3.72. The van der Waals surface area contributed by atoms with Crippen LogP contribution >= 0.6 is 34.4 Å². The third kappa shape index (κ3) is 3.74. The first-order valence-electron chi connectivity index (χ1n) is 10.2. The van der Waals surface area contributed by atoms with Crippen molar-refractivity contribution in [2.24, 2.45) is 13.0 Å². The van der Waals surface area contributed by atoms with Crippen LogP contribution in [0, 0.1) is 5.92 Å². The van der Waals surface area contributed by atoms with Crippen molar-refractivity contribution in [2.75, 3.05) is 0 Å². The summed E-state index contributed by atoms with van der Waals surface area (Å²) in [5, 5.41) is 20.2. The lowest BCUT2D eigenvalue weighted by atomic mass is 9.87. The summed E-state index contributed by atoms with van der Waals surface area (Å²) in [7, 11) is 2.03. The Hall–Kier alpha value is -1.97. The maximum Gasteiger partial charge on any atom is 0.257 e. The van der Waals surface area contributed by atoms with E-state index in [0.29, 0.717) is 11.8 Å². The molecule has 0 fully saturated rings. The molecule has 0 aromatic carbocycles. The standard InChI is InChI=1S/C21H23N5OS3/c1-4-13-7-8-15-14(10-13)11-17(30-15)18-22-25-21(26(18)3)29-12(2)19-23-24-20(27-19)16-6-5-9-28-16/h5-6,9,11-13H,4,7-8,10H2,1-3H3. The second-order valence-electron chi connectivity index (χ2n) is 7.62. The molecule has 0 saturated carbocycles. The molecular formula is C21H23N5OS3. The van der Waals surface area contributed by atoms with Gasteiger partial charge in [-0.25, -0.2) is 0 Å². The van der Waals surface area contributed by atoms with E-state index in [1.165, 1.54) is 41.0 Å². The molecule has 2 atom stereocenters. The van der Waals surface area contributed by atoms with Gasteiger partial charge in [0, 0.05) is 11.9 Å². The number of nitrogens with zero attached hydrogens (tertiary/aromatic N) is 5. The summed E-state index contributed by atoms with van der Waals surface area (Å²) in [5.74, 6) is 2.92. The zero-order valence-corrected chi connectivity index (χ0v) is 19.6. The fourth-order valence-corrected chi connectivity index (χ4v) is 6.52. The van der Waals surface area contributed by atoms with Crippen LogP contribution in [0.4, 0.5) is 0 Å². The van der Waals surface area contributed by atoms with Gasteiger partial charge in [-0.2, -0.15) is 0 Å². The van der Waals surface area contributed by atoms with E-state index < -0.39 is 0 Å². The first-order chi connectivity index (χ1) is 14.6. The average Bonchev–Trinajstić information content (AvgIpc) is 3.53. The van der Waals surface area contributed by atoms with Crippen molar-refractivity contribution in [1.29, 1.82) is 0 Å². The fourth-order valence-electron chi connectivity index (χ4n) is 3.80. The Kier molecular flexibility index (Phi) is 5.51. The maximum atomic E-state index is 5.88. The van der Waals surface area contributed by atoms with E-state index in [-0.39, 0.29) is 5.25 Å². The number of hydrogen-bond donors (Lipinski definition) is 0. The minimum atomic E-state index is -0.0104. The largest absolute Gasteiger partial charge is 0.419 e. The normalized spacial score (nSPS) is 17.2. The van der Waals surface area contributed by atoms with Crippen molar-refractivity contribution in [1.82, 2.24) is 25.0 Å². The molecule has 156 valence electrons. The molecular weight excluding hydrogens is 434 g/mol. The van der Waals surface area contributed by atoms with Crippen LogP contribution in [0.15, 0.2) is 33.2 Å². The summed E-state index contributed by atoms with van der Waals surface area (Å²) in [6, 6.07) is 6.29. The number of thiophene rings is 2. The number of aromatic nitrogens is 5. The van der Waals surface area contributed by atoms with E-state index in [0.717, 1.165) is 21.8 Å². The Morgan fingerprint density at radius 3 is 2.97 bits per heavy atom.